The molecular weight excluding hydrogens is 394 g/mol. The zero-order valence-electron chi connectivity index (χ0n) is 15.9. The fourth-order valence-electron chi connectivity index (χ4n) is 4.15. The van der Waals surface area contributed by atoms with Gasteiger partial charge in [0, 0.05) is 20.3 Å². The molecule has 0 N–H and O–H groups in total. The molecule has 10 heteroatoms. The molecule has 1 saturated heterocycles. The summed E-state index contributed by atoms with van der Waals surface area (Å²) >= 11 is 0. The number of fused-ring (bicyclic) bond motifs is 3. The third-order valence-corrected chi connectivity index (χ3v) is 7.39. The van der Waals surface area contributed by atoms with Gasteiger partial charge < -0.3 is 4.57 Å². The number of sulfone groups is 1. The van der Waals surface area contributed by atoms with Gasteiger partial charge in [-0.3, -0.25) is 18.3 Å². The van der Waals surface area contributed by atoms with Gasteiger partial charge in [-0.25, -0.2) is 13.2 Å². The molecule has 0 radical (unpaired) electrons. The Morgan fingerprint density at radius 1 is 1.07 bits per heavy atom. The van der Waals surface area contributed by atoms with Crippen molar-refractivity contribution in [3.05, 3.63) is 57.4 Å². The van der Waals surface area contributed by atoms with Crippen LogP contribution in [0.5, 0.6) is 0 Å². The zero-order valence-corrected chi connectivity index (χ0v) is 16.8. The summed E-state index contributed by atoms with van der Waals surface area (Å²) in [7, 11) is -0.127. The van der Waals surface area contributed by atoms with E-state index in [9.17, 15) is 18.0 Å². The maximum Gasteiger partial charge on any atom is 0.332 e. The van der Waals surface area contributed by atoms with E-state index < -0.39 is 21.1 Å². The summed E-state index contributed by atoms with van der Waals surface area (Å²) in [6.45, 7) is 0. The highest BCUT2D eigenvalue weighted by molar-refractivity contribution is 7.91. The Labute approximate surface area is 165 Å². The van der Waals surface area contributed by atoms with E-state index in [1.54, 1.807) is 17.6 Å². The van der Waals surface area contributed by atoms with Gasteiger partial charge in [-0.05, 0) is 12.0 Å². The molecule has 1 unspecified atom stereocenters. The van der Waals surface area contributed by atoms with Crippen LogP contribution in [0.15, 0.2) is 46.1 Å². The van der Waals surface area contributed by atoms with Gasteiger partial charge in [0.25, 0.3) is 5.56 Å². The van der Waals surface area contributed by atoms with Gasteiger partial charge in [0.1, 0.15) is 0 Å². The van der Waals surface area contributed by atoms with Gasteiger partial charge in [0.15, 0.2) is 21.0 Å². The molecule has 0 amide bonds. The summed E-state index contributed by atoms with van der Waals surface area (Å²) in [6, 6.07) is 9.30. The molecule has 1 aliphatic rings. The van der Waals surface area contributed by atoms with Gasteiger partial charge in [-0.2, -0.15) is 4.98 Å². The summed E-state index contributed by atoms with van der Waals surface area (Å²) in [5, 5.41) is 0. The number of nitrogens with zero attached hydrogens (tertiary/aromatic N) is 5. The van der Waals surface area contributed by atoms with E-state index in [0.29, 0.717) is 17.7 Å². The van der Waals surface area contributed by atoms with E-state index in [1.165, 1.54) is 11.6 Å². The van der Waals surface area contributed by atoms with Crippen LogP contribution in [0.1, 0.15) is 12.5 Å². The lowest BCUT2D eigenvalue weighted by molar-refractivity contribution is 0.571. The molecular formula is C19H19N5O4S. The van der Waals surface area contributed by atoms with Crippen molar-refractivity contribution in [1.82, 2.24) is 23.1 Å². The molecule has 150 valence electrons. The Bertz CT molecular complexity index is 1510. The molecule has 3 aromatic heterocycles. The lowest BCUT2D eigenvalue weighted by Gasteiger charge is -2.14. The van der Waals surface area contributed by atoms with Crippen LogP contribution in [-0.2, 0) is 23.9 Å². The minimum Gasteiger partial charge on any atom is -0.305 e. The van der Waals surface area contributed by atoms with Gasteiger partial charge in [-0.1, -0.05) is 30.3 Å². The predicted molar refractivity (Wildman–Crippen MR) is 109 cm³/mol. The second-order valence-corrected chi connectivity index (χ2v) is 9.70. The van der Waals surface area contributed by atoms with Crippen molar-refractivity contribution in [2.75, 3.05) is 11.5 Å². The highest BCUT2D eigenvalue weighted by Crippen LogP contribution is 2.33. The number of rotatable bonds is 2. The largest absolute Gasteiger partial charge is 0.332 e. The standard InChI is InChI=1S/C19H19N5O4S/c1-21-16-15(17(25)22(2)19(21)26)23-10-14(12-6-4-3-5-7-12)24(18(23)20-16)13-8-9-29(27,28)11-13/h3-7,10,13H,8-9,11H2,1-2H3. The number of hydrogen-bond acceptors (Lipinski definition) is 5. The number of aryl methyl sites for hydroxylation is 1. The fraction of sp³-hybridized carbons (Fsp3) is 0.316. The first-order valence-electron chi connectivity index (χ1n) is 9.23. The van der Waals surface area contributed by atoms with Crippen LogP contribution in [0.2, 0.25) is 0 Å². The molecule has 4 aromatic rings. The highest BCUT2D eigenvalue weighted by atomic mass is 32.2. The van der Waals surface area contributed by atoms with Crippen LogP contribution < -0.4 is 11.2 Å². The SMILES string of the molecule is Cn1c(=O)c2c(nc3n(C4CCS(=O)(=O)C4)c(-c4ccccc4)cn23)n(C)c1=O. The number of benzene rings is 1. The fourth-order valence-corrected chi connectivity index (χ4v) is 5.85. The number of imidazole rings is 2. The lowest BCUT2D eigenvalue weighted by atomic mass is 10.1. The van der Waals surface area contributed by atoms with E-state index in [0.717, 1.165) is 15.8 Å². The van der Waals surface area contributed by atoms with Crippen molar-refractivity contribution in [3.63, 3.8) is 0 Å². The molecule has 1 aromatic carbocycles. The van der Waals surface area contributed by atoms with Crippen molar-refractivity contribution >= 4 is 26.8 Å². The Morgan fingerprint density at radius 3 is 2.45 bits per heavy atom. The maximum absolute atomic E-state index is 12.8. The van der Waals surface area contributed by atoms with Crippen molar-refractivity contribution in [3.8, 4) is 11.3 Å². The molecule has 1 atom stereocenters. The molecule has 0 saturated carbocycles. The first-order valence-corrected chi connectivity index (χ1v) is 11.1. The molecule has 0 bridgehead atoms. The predicted octanol–water partition coefficient (Wildman–Crippen LogP) is 0.713. The van der Waals surface area contributed by atoms with Gasteiger partial charge >= 0.3 is 5.69 Å². The van der Waals surface area contributed by atoms with Crippen LogP contribution in [0.3, 0.4) is 0 Å². The van der Waals surface area contributed by atoms with Gasteiger partial charge in [0.2, 0.25) is 5.78 Å². The molecule has 5 rings (SSSR count). The zero-order chi connectivity index (χ0) is 20.5. The summed E-state index contributed by atoms with van der Waals surface area (Å²) < 4.78 is 30.3. The second-order valence-electron chi connectivity index (χ2n) is 7.47. The molecule has 0 spiro atoms. The molecule has 0 aliphatic carbocycles. The summed E-state index contributed by atoms with van der Waals surface area (Å²) in [5.74, 6) is 0.605. The third-order valence-electron chi connectivity index (χ3n) is 5.64. The molecule has 1 fully saturated rings. The Balaban J connectivity index is 1.91. The van der Waals surface area contributed by atoms with Crippen molar-refractivity contribution < 1.29 is 8.42 Å². The minimum absolute atomic E-state index is 0.0251. The second kappa shape index (κ2) is 5.93. The summed E-state index contributed by atoms with van der Waals surface area (Å²) in [6.07, 6.45) is 2.28. The van der Waals surface area contributed by atoms with Crippen LogP contribution in [-0.4, -0.2) is 43.0 Å². The van der Waals surface area contributed by atoms with Gasteiger partial charge in [-0.15, -0.1) is 0 Å². The molecule has 4 heterocycles. The van der Waals surface area contributed by atoms with E-state index in [2.05, 4.69) is 4.98 Å². The van der Waals surface area contributed by atoms with E-state index >= 15 is 0 Å². The Morgan fingerprint density at radius 2 is 1.79 bits per heavy atom. The normalized spacial score (nSPS) is 18.8. The monoisotopic (exact) mass is 413 g/mol. The quantitative estimate of drug-likeness (QED) is 0.482. The van der Waals surface area contributed by atoms with Gasteiger partial charge in [0.05, 0.1) is 23.2 Å². The van der Waals surface area contributed by atoms with Crippen LogP contribution in [0, 0.1) is 0 Å². The molecule has 1 aliphatic heterocycles. The van der Waals surface area contributed by atoms with E-state index in [1.807, 2.05) is 34.9 Å². The Kier molecular flexibility index (Phi) is 3.66. The van der Waals surface area contributed by atoms with Crippen LogP contribution in [0.25, 0.3) is 28.2 Å². The maximum atomic E-state index is 12.8. The average molecular weight is 413 g/mol. The molecule has 29 heavy (non-hydrogen) atoms. The van der Waals surface area contributed by atoms with E-state index in [4.69, 9.17) is 0 Å². The van der Waals surface area contributed by atoms with Crippen molar-refractivity contribution in [2.24, 2.45) is 14.1 Å². The average Bonchev–Trinajstić information content (AvgIpc) is 3.36. The van der Waals surface area contributed by atoms with Crippen LogP contribution >= 0.6 is 0 Å². The first kappa shape index (κ1) is 17.9. The lowest BCUT2D eigenvalue weighted by Crippen LogP contribution is -2.37. The summed E-state index contributed by atoms with van der Waals surface area (Å²) in [5.41, 5.74) is 1.36. The molecule has 9 nitrogen and oxygen atoms in total. The highest BCUT2D eigenvalue weighted by Gasteiger charge is 2.33. The smallest absolute Gasteiger partial charge is 0.305 e. The number of hydrogen-bond donors (Lipinski definition) is 0. The topological polar surface area (TPSA) is 100 Å². The van der Waals surface area contributed by atoms with E-state index in [-0.39, 0.29) is 23.2 Å². The summed E-state index contributed by atoms with van der Waals surface area (Å²) in [4.78, 5) is 29.7. The van der Waals surface area contributed by atoms with Crippen molar-refractivity contribution in [1.29, 1.82) is 0 Å². The first-order chi connectivity index (χ1) is 13.8. The van der Waals surface area contributed by atoms with Crippen molar-refractivity contribution in [2.45, 2.75) is 12.5 Å². The third kappa shape index (κ3) is 2.52. The van der Waals surface area contributed by atoms with Crippen LogP contribution in [0.4, 0.5) is 0 Å². The number of aromatic nitrogens is 5. The Hall–Kier alpha value is -3.14. The minimum atomic E-state index is -3.13.